The van der Waals surface area contributed by atoms with Crippen LogP contribution in [0.5, 0.6) is 0 Å². The molecule has 5 heteroatoms. The van der Waals surface area contributed by atoms with Crippen molar-refractivity contribution in [2.24, 2.45) is 0 Å². The molecule has 2 aromatic rings. The molecule has 0 spiro atoms. The van der Waals surface area contributed by atoms with Gasteiger partial charge in [-0.25, -0.2) is 0 Å². The summed E-state index contributed by atoms with van der Waals surface area (Å²) in [6.07, 6.45) is 4.33. The van der Waals surface area contributed by atoms with Crippen LogP contribution < -0.4 is 10.6 Å². The Morgan fingerprint density at radius 2 is 1.85 bits per heavy atom. The number of rotatable bonds is 9. The minimum Gasteiger partial charge on any atom is -0.395 e. The topological polar surface area (TPSA) is 44.3 Å². The normalized spacial score (nSPS) is 11.4. The highest BCUT2D eigenvalue weighted by Gasteiger charge is 1.97. The Balaban J connectivity index is 1.69. The van der Waals surface area contributed by atoms with Crippen molar-refractivity contribution in [1.29, 1.82) is 0 Å². The predicted molar refractivity (Wildman–Crippen MR) is 89.2 cm³/mol. The summed E-state index contributed by atoms with van der Waals surface area (Å²) >= 11 is 3.57. The van der Waals surface area contributed by atoms with Gasteiger partial charge in [0, 0.05) is 40.8 Å². The SMILES string of the molecule is OCCNCCNCc1ccc(/C=C/c2cccs2)s1. The summed E-state index contributed by atoms with van der Waals surface area (Å²) in [5.41, 5.74) is 0. The van der Waals surface area contributed by atoms with Gasteiger partial charge in [-0.05, 0) is 35.7 Å². The van der Waals surface area contributed by atoms with Crippen molar-refractivity contribution >= 4 is 34.8 Å². The number of hydrogen-bond donors (Lipinski definition) is 3. The van der Waals surface area contributed by atoms with Crippen molar-refractivity contribution < 1.29 is 5.11 Å². The second kappa shape index (κ2) is 9.05. The molecule has 20 heavy (non-hydrogen) atoms. The van der Waals surface area contributed by atoms with Crippen molar-refractivity contribution in [2.45, 2.75) is 6.54 Å². The quantitative estimate of drug-likeness (QED) is 0.624. The molecule has 0 fully saturated rings. The third kappa shape index (κ3) is 5.56. The fourth-order valence-electron chi connectivity index (χ4n) is 1.72. The van der Waals surface area contributed by atoms with Crippen LogP contribution in [0.15, 0.2) is 29.6 Å². The standard InChI is InChI=1S/C15H20N2OS2/c18-10-9-16-7-8-17-12-15-6-5-14(20-15)4-3-13-2-1-11-19-13/h1-6,11,16-18H,7-10,12H2/b4-3+. The van der Waals surface area contributed by atoms with Gasteiger partial charge in [0.15, 0.2) is 0 Å². The average Bonchev–Trinajstić information content (AvgIpc) is 3.11. The third-order valence-corrected chi connectivity index (χ3v) is 4.59. The molecule has 0 aliphatic heterocycles. The molecule has 0 saturated carbocycles. The highest BCUT2D eigenvalue weighted by molar-refractivity contribution is 7.13. The van der Waals surface area contributed by atoms with Gasteiger partial charge in [0.1, 0.15) is 0 Å². The van der Waals surface area contributed by atoms with Crippen LogP contribution in [0.2, 0.25) is 0 Å². The zero-order valence-corrected chi connectivity index (χ0v) is 13.0. The molecule has 0 amide bonds. The van der Waals surface area contributed by atoms with E-state index in [9.17, 15) is 0 Å². The Bertz CT molecular complexity index is 506. The maximum Gasteiger partial charge on any atom is 0.0555 e. The van der Waals surface area contributed by atoms with E-state index in [4.69, 9.17) is 5.11 Å². The van der Waals surface area contributed by atoms with Gasteiger partial charge >= 0.3 is 0 Å². The first-order valence-electron chi connectivity index (χ1n) is 6.71. The summed E-state index contributed by atoms with van der Waals surface area (Å²) in [4.78, 5) is 3.92. The van der Waals surface area contributed by atoms with Crippen molar-refractivity contribution in [2.75, 3.05) is 26.2 Å². The Morgan fingerprint density at radius 1 is 1.00 bits per heavy atom. The van der Waals surface area contributed by atoms with Gasteiger partial charge < -0.3 is 15.7 Å². The van der Waals surface area contributed by atoms with Crippen LogP contribution >= 0.6 is 22.7 Å². The molecular formula is C15H20N2OS2. The van der Waals surface area contributed by atoms with Gasteiger partial charge in [0.25, 0.3) is 0 Å². The first-order chi connectivity index (χ1) is 9.88. The van der Waals surface area contributed by atoms with Gasteiger partial charge in [-0.1, -0.05) is 6.07 Å². The van der Waals surface area contributed by atoms with Gasteiger partial charge in [-0.15, -0.1) is 22.7 Å². The number of nitrogens with one attached hydrogen (secondary N) is 2. The van der Waals surface area contributed by atoms with Gasteiger partial charge in [-0.2, -0.15) is 0 Å². The summed E-state index contributed by atoms with van der Waals surface area (Å²) in [7, 11) is 0. The molecule has 0 unspecified atom stereocenters. The summed E-state index contributed by atoms with van der Waals surface area (Å²) < 4.78 is 0. The fraction of sp³-hybridized carbons (Fsp3) is 0.333. The van der Waals surface area contributed by atoms with Crippen molar-refractivity contribution in [1.82, 2.24) is 10.6 Å². The third-order valence-electron chi connectivity index (χ3n) is 2.70. The van der Waals surface area contributed by atoms with Gasteiger partial charge in [0.2, 0.25) is 0 Å². The Labute approximate surface area is 128 Å². The number of aliphatic hydroxyl groups is 1. The van der Waals surface area contributed by atoms with E-state index in [1.54, 1.807) is 11.3 Å². The number of hydrogen-bond acceptors (Lipinski definition) is 5. The molecule has 2 aromatic heterocycles. The van der Waals surface area contributed by atoms with Crippen molar-refractivity contribution in [3.05, 3.63) is 44.3 Å². The molecule has 0 aliphatic carbocycles. The van der Waals surface area contributed by atoms with Crippen LogP contribution in [-0.2, 0) is 6.54 Å². The summed E-state index contributed by atoms with van der Waals surface area (Å²) in [6, 6.07) is 8.53. The highest BCUT2D eigenvalue weighted by Crippen LogP contribution is 2.20. The molecule has 0 radical (unpaired) electrons. The largest absolute Gasteiger partial charge is 0.395 e. The maximum absolute atomic E-state index is 8.64. The lowest BCUT2D eigenvalue weighted by Gasteiger charge is -2.03. The van der Waals surface area contributed by atoms with Crippen LogP contribution in [-0.4, -0.2) is 31.3 Å². The fourth-order valence-corrected chi connectivity index (χ4v) is 3.23. The molecule has 0 atom stereocenters. The monoisotopic (exact) mass is 308 g/mol. The Hall–Kier alpha value is -0.980. The summed E-state index contributed by atoms with van der Waals surface area (Å²) in [5.74, 6) is 0. The molecule has 0 aliphatic rings. The lowest BCUT2D eigenvalue weighted by Crippen LogP contribution is -2.28. The van der Waals surface area contributed by atoms with Gasteiger partial charge in [-0.3, -0.25) is 0 Å². The molecular weight excluding hydrogens is 288 g/mol. The van der Waals surface area contributed by atoms with Gasteiger partial charge in [0.05, 0.1) is 6.61 Å². The molecule has 3 N–H and O–H groups in total. The number of aliphatic hydroxyl groups excluding tert-OH is 1. The second-order valence-electron chi connectivity index (χ2n) is 4.30. The number of thiophene rings is 2. The predicted octanol–water partition coefficient (Wildman–Crippen LogP) is 2.65. The summed E-state index contributed by atoms with van der Waals surface area (Å²) in [5, 5.41) is 17.3. The van der Waals surface area contributed by atoms with E-state index in [0.717, 1.165) is 19.6 Å². The van der Waals surface area contributed by atoms with Crippen LogP contribution in [0, 0.1) is 0 Å². The highest BCUT2D eigenvalue weighted by atomic mass is 32.1. The van der Waals surface area contributed by atoms with E-state index in [-0.39, 0.29) is 6.61 Å². The van der Waals surface area contributed by atoms with E-state index in [0.29, 0.717) is 6.54 Å². The zero-order chi connectivity index (χ0) is 14.0. The molecule has 2 heterocycles. The van der Waals surface area contributed by atoms with Crippen molar-refractivity contribution in [3.63, 3.8) is 0 Å². The molecule has 3 nitrogen and oxygen atoms in total. The van der Waals surface area contributed by atoms with Crippen LogP contribution in [0.4, 0.5) is 0 Å². The minimum atomic E-state index is 0.199. The van der Waals surface area contributed by atoms with Crippen molar-refractivity contribution in [3.8, 4) is 0 Å². The minimum absolute atomic E-state index is 0.199. The van der Waals surface area contributed by atoms with Crippen LogP contribution in [0.1, 0.15) is 14.6 Å². The van der Waals surface area contributed by atoms with E-state index in [1.807, 2.05) is 11.3 Å². The molecule has 0 aromatic carbocycles. The zero-order valence-electron chi connectivity index (χ0n) is 11.3. The second-order valence-corrected chi connectivity index (χ2v) is 6.48. The first kappa shape index (κ1) is 15.4. The molecule has 108 valence electrons. The Kier molecular flexibility index (Phi) is 6.97. The lowest BCUT2D eigenvalue weighted by molar-refractivity contribution is 0.292. The van der Waals surface area contributed by atoms with E-state index < -0.39 is 0 Å². The van der Waals surface area contributed by atoms with Crippen LogP contribution in [0.3, 0.4) is 0 Å². The van der Waals surface area contributed by atoms with E-state index in [1.165, 1.54) is 14.6 Å². The average molecular weight is 308 g/mol. The molecule has 2 rings (SSSR count). The van der Waals surface area contributed by atoms with Crippen LogP contribution in [0.25, 0.3) is 12.2 Å². The molecule has 0 saturated heterocycles. The maximum atomic E-state index is 8.64. The first-order valence-corrected chi connectivity index (χ1v) is 8.40. The summed E-state index contributed by atoms with van der Waals surface area (Å²) in [6.45, 7) is 3.57. The Morgan fingerprint density at radius 3 is 2.65 bits per heavy atom. The van der Waals surface area contributed by atoms with E-state index in [2.05, 4.69) is 52.4 Å². The van der Waals surface area contributed by atoms with E-state index >= 15 is 0 Å². The smallest absolute Gasteiger partial charge is 0.0555 e. The lowest BCUT2D eigenvalue weighted by atomic mass is 10.3. The molecule has 0 bridgehead atoms.